The molecule has 24 aromatic rings. The number of benzene rings is 18. The third-order valence-electron chi connectivity index (χ3n) is 23.7. The highest BCUT2D eigenvalue weighted by molar-refractivity contribution is 6.27. The molecule has 0 fully saturated rings. The van der Waals surface area contributed by atoms with Crippen LogP contribution in [0.25, 0.3) is 244 Å². The number of fused-ring (bicyclic) bond motifs is 16. The van der Waals surface area contributed by atoms with Crippen LogP contribution >= 0.6 is 0 Å². The summed E-state index contributed by atoms with van der Waals surface area (Å²) >= 11 is 0. The first-order chi connectivity index (χ1) is 61.4. The Labute approximate surface area is 713 Å². The van der Waals surface area contributed by atoms with Crippen LogP contribution in [0.1, 0.15) is 0 Å². The van der Waals surface area contributed by atoms with Gasteiger partial charge in [0.05, 0.1) is 11.0 Å². The van der Waals surface area contributed by atoms with Crippen LogP contribution in [-0.2, 0) is 0 Å². The van der Waals surface area contributed by atoms with Crippen molar-refractivity contribution in [3.8, 4) is 146 Å². The molecular weight excluding hydrogens is 1510 g/mol. The second-order valence-electron chi connectivity index (χ2n) is 31.1. The van der Waals surface area contributed by atoms with Crippen LogP contribution < -0.4 is 0 Å². The van der Waals surface area contributed by atoms with Crippen LogP contribution in [0.3, 0.4) is 0 Å². The number of furan rings is 2. The van der Waals surface area contributed by atoms with Crippen molar-refractivity contribution < 1.29 is 8.83 Å². The monoisotopic (exact) mass is 1580 g/mol. The number of para-hydroxylation sites is 3. The standard InChI is InChI=1S/C60H38N4O.C54H32N4O/c1-4-14-39(15-5-1)41-26-32-45(33-27-41)58-62-59(46-34-28-42(29-35-46)40-16-6-2-7-17-40)64-60(63-58)47-36-30-43(31-37-47)48-20-12-21-49(38-48)55-57-54(51-22-10-11-25-53(51)65-57)52-24-13-23-50(56(52)61-55)44-18-8-3-9-19-44;1-3-13-34(14-4-1)52-56-53(35-15-5-2-6-16-35)58-54(57-52)36-25-23-33(24-26-36)50-51-49(45-21-11-12-22-48(45)59-51)44-30-28-38(32-47(44)55-50)37-27-29-43-41-19-8-7-17-39(41)40-18-9-10-20-42(40)46(43)31-37/h1-38H;1-32H. The minimum Gasteiger partial charge on any atom is -0.454 e. The number of nitrogens with zero attached hydrogens (tertiary/aromatic N) is 8. The Morgan fingerprint density at radius 2 is 0.435 bits per heavy atom. The summed E-state index contributed by atoms with van der Waals surface area (Å²) in [6.45, 7) is 0. The van der Waals surface area contributed by atoms with Crippen LogP contribution in [0, 0.1) is 0 Å². The third kappa shape index (κ3) is 13.3. The molecule has 0 unspecified atom stereocenters. The zero-order valence-electron chi connectivity index (χ0n) is 66.8. The molecule has 0 radical (unpaired) electrons. The summed E-state index contributed by atoms with van der Waals surface area (Å²) in [5.74, 6) is 3.69. The lowest BCUT2D eigenvalue weighted by atomic mass is 9.92. The quantitative estimate of drug-likeness (QED) is 0.103. The van der Waals surface area contributed by atoms with E-state index in [0.717, 1.165) is 177 Å². The summed E-state index contributed by atoms with van der Waals surface area (Å²) < 4.78 is 13.3. The SMILES string of the molecule is c1ccc(-c2ccc(-c3nc(-c4ccc(-c5ccccc5)cc4)nc(-c4ccc(-c5cccc(-c6nc7c(-c8ccccc8)cccc7c7c6oc6ccccc67)c5)cc4)n3)cc2)cc1.c1ccc(-c2nc(-c3ccccc3)nc(-c3ccc(-c4nc5cc(-c6ccc7c8ccccc8c8ccccc8c7c6)ccc5c5c4oc4ccccc45)cc3)n2)cc1. The highest BCUT2D eigenvalue weighted by Crippen LogP contribution is 2.46. The van der Waals surface area contributed by atoms with Crippen molar-refractivity contribution in [2.75, 3.05) is 0 Å². The van der Waals surface area contributed by atoms with Gasteiger partial charge < -0.3 is 8.83 Å². The van der Waals surface area contributed by atoms with Gasteiger partial charge in [0.25, 0.3) is 0 Å². The van der Waals surface area contributed by atoms with Gasteiger partial charge >= 0.3 is 0 Å². The first-order valence-corrected chi connectivity index (χ1v) is 41.6. The molecule has 0 aliphatic carbocycles. The van der Waals surface area contributed by atoms with Crippen molar-refractivity contribution in [1.29, 1.82) is 0 Å². The normalized spacial score (nSPS) is 11.5. The van der Waals surface area contributed by atoms with Crippen molar-refractivity contribution in [2.45, 2.75) is 0 Å². The average molecular weight is 1580 g/mol. The number of pyridine rings is 2. The molecule has 0 aliphatic heterocycles. The highest BCUT2D eigenvalue weighted by atomic mass is 16.3. The summed E-state index contributed by atoms with van der Waals surface area (Å²) in [4.78, 5) is 40.8. The Hall–Kier alpha value is -16.8. The molecule has 24 rings (SSSR count). The van der Waals surface area contributed by atoms with Crippen LogP contribution in [0.2, 0.25) is 0 Å². The third-order valence-corrected chi connectivity index (χ3v) is 23.7. The first kappa shape index (κ1) is 72.4. The summed E-state index contributed by atoms with van der Waals surface area (Å²) in [6, 6.07) is 147. The van der Waals surface area contributed by atoms with Crippen molar-refractivity contribution in [3.05, 3.63) is 425 Å². The van der Waals surface area contributed by atoms with E-state index >= 15 is 0 Å². The van der Waals surface area contributed by atoms with Gasteiger partial charge in [-0.1, -0.05) is 394 Å². The fraction of sp³-hybridized carbons (Fsp3) is 0. The second kappa shape index (κ2) is 30.8. The maximum atomic E-state index is 6.66. The molecule has 578 valence electrons. The lowest BCUT2D eigenvalue weighted by Crippen LogP contribution is -2.00. The molecule has 0 amide bonds. The number of rotatable bonds is 13. The Balaban J connectivity index is 0.000000144. The van der Waals surface area contributed by atoms with Gasteiger partial charge in [0, 0.05) is 82.4 Å². The van der Waals surface area contributed by atoms with Crippen molar-refractivity contribution in [3.63, 3.8) is 0 Å². The molecule has 0 saturated carbocycles. The topological polar surface area (TPSA) is 129 Å². The van der Waals surface area contributed by atoms with Gasteiger partial charge in [0.1, 0.15) is 22.6 Å². The van der Waals surface area contributed by atoms with E-state index in [4.69, 9.17) is 48.7 Å². The first-order valence-electron chi connectivity index (χ1n) is 41.6. The zero-order valence-corrected chi connectivity index (χ0v) is 66.8. The van der Waals surface area contributed by atoms with Crippen molar-refractivity contribution in [2.24, 2.45) is 0 Å². The van der Waals surface area contributed by atoms with Gasteiger partial charge in [-0.2, -0.15) is 0 Å². The van der Waals surface area contributed by atoms with Gasteiger partial charge in [-0.3, -0.25) is 0 Å². The van der Waals surface area contributed by atoms with Crippen LogP contribution in [0.4, 0.5) is 0 Å². The number of hydrogen-bond acceptors (Lipinski definition) is 10. The van der Waals surface area contributed by atoms with Crippen LogP contribution in [0.15, 0.2) is 433 Å². The summed E-state index contributed by atoms with van der Waals surface area (Å²) in [5, 5.41) is 14.0. The maximum absolute atomic E-state index is 6.66. The molecule has 0 N–H and O–H groups in total. The van der Waals surface area contributed by atoms with E-state index in [1.165, 1.54) is 32.3 Å². The predicted octanol–water partition coefficient (Wildman–Crippen LogP) is 29.8. The molecule has 0 spiro atoms. The van der Waals surface area contributed by atoms with Gasteiger partial charge in [0.15, 0.2) is 46.1 Å². The molecule has 0 atom stereocenters. The molecule has 0 bridgehead atoms. The zero-order chi connectivity index (χ0) is 82.0. The van der Waals surface area contributed by atoms with Gasteiger partial charge in [-0.15, -0.1) is 0 Å². The molecule has 18 aromatic carbocycles. The van der Waals surface area contributed by atoms with Crippen molar-refractivity contribution in [1.82, 2.24) is 39.9 Å². The Bertz CT molecular complexity index is 8040. The number of hydrogen-bond donors (Lipinski definition) is 0. The fourth-order valence-corrected chi connectivity index (χ4v) is 17.5. The number of aromatic nitrogens is 8. The summed E-state index contributed by atoms with van der Waals surface area (Å²) in [7, 11) is 0. The maximum Gasteiger partial charge on any atom is 0.164 e. The lowest BCUT2D eigenvalue weighted by Gasteiger charge is -2.13. The molecule has 0 saturated heterocycles. The van der Waals surface area contributed by atoms with Gasteiger partial charge in [-0.25, -0.2) is 39.9 Å². The minimum atomic E-state index is 0.602. The molecule has 124 heavy (non-hydrogen) atoms. The minimum absolute atomic E-state index is 0.602. The Morgan fingerprint density at radius 1 is 0.153 bits per heavy atom. The Morgan fingerprint density at radius 3 is 0.895 bits per heavy atom. The molecule has 6 heterocycles. The van der Waals surface area contributed by atoms with Gasteiger partial charge in [-0.05, 0) is 113 Å². The molecule has 10 heteroatoms. The van der Waals surface area contributed by atoms with E-state index in [2.05, 4.69) is 322 Å². The largest absolute Gasteiger partial charge is 0.454 e. The van der Waals surface area contributed by atoms with E-state index in [9.17, 15) is 0 Å². The summed E-state index contributed by atoms with van der Waals surface area (Å²) in [6.07, 6.45) is 0. The smallest absolute Gasteiger partial charge is 0.164 e. The van der Waals surface area contributed by atoms with Crippen LogP contribution in [0.5, 0.6) is 0 Å². The van der Waals surface area contributed by atoms with Crippen LogP contribution in [-0.4, -0.2) is 39.9 Å². The van der Waals surface area contributed by atoms with Gasteiger partial charge in [0.2, 0.25) is 0 Å². The van der Waals surface area contributed by atoms with Crippen molar-refractivity contribution >= 4 is 98.0 Å². The lowest BCUT2D eigenvalue weighted by molar-refractivity contribution is 0.668. The van der Waals surface area contributed by atoms with E-state index in [1.54, 1.807) is 0 Å². The summed E-state index contributed by atoms with van der Waals surface area (Å²) in [5.41, 5.74) is 25.2. The molecule has 0 aliphatic rings. The highest BCUT2D eigenvalue weighted by Gasteiger charge is 2.24. The Kier molecular flexibility index (Phi) is 18.0. The predicted molar refractivity (Wildman–Crippen MR) is 508 cm³/mol. The molecule has 6 aromatic heterocycles. The van der Waals surface area contributed by atoms with E-state index in [-0.39, 0.29) is 0 Å². The molecular formula is C114H70N8O2. The molecule has 10 nitrogen and oxygen atoms in total. The fourth-order valence-electron chi connectivity index (χ4n) is 17.5. The van der Waals surface area contributed by atoms with E-state index in [1.807, 2.05) is 103 Å². The van der Waals surface area contributed by atoms with E-state index < -0.39 is 0 Å². The average Bonchev–Trinajstić information content (AvgIpc) is 1.68. The van der Waals surface area contributed by atoms with E-state index in [0.29, 0.717) is 34.9 Å². The second-order valence-corrected chi connectivity index (χ2v) is 31.1.